The normalized spacial score (nSPS) is 17.4. The van der Waals surface area contributed by atoms with Gasteiger partial charge in [0.1, 0.15) is 0 Å². The van der Waals surface area contributed by atoms with Crippen LogP contribution >= 0.6 is 0 Å². The summed E-state index contributed by atoms with van der Waals surface area (Å²) in [5.74, 6) is 0.599. The van der Waals surface area contributed by atoms with Gasteiger partial charge in [-0.3, -0.25) is 4.90 Å². The second kappa shape index (κ2) is 5.07. The fourth-order valence-corrected chi connectivity index (χ4v) is 2.57. The quantitative estimate of drug-likeness (QED) is 0.812. The Morgan fingerprint density at radius 2 is 2.00 bits per heavy atom. The molecule has 2 N–H and O–H groups in total. The maximum absolute atomic E-state index is 5.83. The number of rotatable bonds is 4. The highest BCUT2D eigenvalue weighted by atomic mass is 16.5. The van der Waals surface area contributed by atoms with Gasteiger partial charge < -0.3 is 10.5 Å². The molecule has 0 amide bonds. The van der Waals surface area contributed by atoms with Crippen molar-refractivity contribution in [2.45, 2.75) is 33.0 Å². The molecule has 1 unspecified atom stereocenters. The number of hydrogen-bond acceptors (Lipinski definition) is 3. The molecule has 0 spiro atoms. The molecule has 0 bridgehead atoms. The predicted molar refractivity (Wildman–Crippen MR) is 70.6 cm³/mol. The van der Waals surface area contributed by atoms with Gasteiger partial charge in [0, 0.05) is 31.9 Å². The first-order valence-corrected chi connectivity index (χ1v) is 6.22. The van der Waals surface area contributed by atoms with E-state index in [1.54, 1.807) is 7.11 Å². The van der Waals surface area contributed by atoms with Gasteiger partial charge in [0.2, 0.25) is 0 Å². The van der Waals surface area contributed by atoms with Crippen LogP contribution in [0.1, 0.15) is 25.0 Å². The number of methoxy groups -OCH3 is 1. The van der Waals surface area contributed by atoms with Crippen LogP contribution in [0.25, 0.3) is 0 Å². The zero-order chi connectivity index (χ0) is 12.4. The Hall–Kier alpha value is -1.06. The number of ether oxygens (including phenoxy) is 1. The maximum Gasteiger partial charge on any atom is 0.0620 e. The molecule has 3 heteroatoms. The lowest BCUT2D eigenvalue weighted by molar-refractivity contribution is 0.0623. The Bertz CT molecular complexity index is 390. The average molecular weight is 234 g/mol. The fourth-order valence-electron chi connectivity index (χ4n) is 2.57. The van der Waals surface area contributed by atoms with Gasteiger partial charge in [-0.05, 0) is 29.2 Å². The fraction of sp³-hybridized carbons (Fsp3) is 0.571. The molecule has 1 aromatic rings. The summed E-state index contributed by atoms with van der Waals surface area (Å²) >= 11 is 0. The molecule has 0 aliphatic carbocycles. The standard InChI is InChI=1S/C14H22N2O/c1-10(2)14(9-17-3)16-7-11-4-5-13(15)6-12(11)8-16/h4-6,10,14H,7-9,15H2,1-3H3. The summed E-state index contributed by atoms with van der Waals surface area (Å²) in [6.07, 6.45) is 0. The Balaban J connectivity index is 2.12. The third kappa shape index (κ3) is 2.61. The molecule has 0 saturated carbocycles. The Morgan fingerprint density at radius 1 is 1.29 bits per heavy atom. The SMILES string of the molecule is COCC(C(C)C)N1Cc2ccc(N)cc2C1. The molecule has 1 aliphatic rings. The first kappa shape index (κ1) is 12.4. The molecule has 0 saturated heterocycles. The Morgan fingerprint density at radius 3 is 2.65 bits per heavy atom. The van der Waals surface area contributed by atoms with Gasteiger partial charge in [0.15, 0.2) is 0 Å². The van der Waals surface area contributed by atoms with E-state index in [0.29, 0.717) is 12.0 Å². The van der Waals surface area contributed by atoms with Gasteiger partial charge in [-0.2, -0.15) is 0 Å². The monoisotopic (exact) mass is 234 g/mol. The lowest BCUT2D eigenvalue weighted by Crippen LogP contribution is -2.38. The second-order valence-corrected chi connectivity index (χ2v) is 5.20. The van der Waals surface area contributed by atoms with Crippen molar-refractivity contribution in [3.63, 3.8) is 0 Å². The van der Waals surface area contributed by atoms with Gasteiger partial charge in [-0.1, -0.05) is 19.9 Å². The number of benzene rings is 1. The zero-order valence-corrected chi connectivity index (χ0v) is 10.9. The van der Waals surface area contributed by atoms with Crippen LogP contribution in [0.15, 0.2) is 18.2 Å². The molecular weight excluding hydrogens is 212 g/mol. The van der Waals surface area contributed by atoms with Crippen LogP contribution in [0.4, 0.5) is 5.69 Å². The minimum atomic E-state index is 0.480. The highest BCUT2D eigenvalue weighted by Crippen LogP contribution is 2.28. The van der Waals surface area contributed by atoms with Crippen molar-refractivity contribution in [3.05, 3.63) is 29.3 Å². The molecule has 1 heterocycles. The number of nitrogen functional groups attached to an aromatic ring is 1. The number of nitrogens with two attached hydrogens (primary N) is 1. The summed E-state index contributed by atoms with van der Waals surface area (Å²) in [4.78, 5) is 2.48. The molecule has 3 nitrogen and oxygen atoms in total. The summed E-state index contributed by atoms with van der Waals surface area (Å²) in [5, 5.41) is 0. The van der Waals surface area contributed by atoms with Crippen molar-refractivity contribution in [1.82, 2.24) is 4.90 Å². The van der Waals surface area contributed by atoms with Crippen LogP contribution in [-0.4, -0.2) is 24.7 Å². The molecule has 1 aliphatic heterocycles. The molecule has 1 atom stereocenters. The highest BCUT2D eigenvalue weighted by Gasteiger charge is 2.27. The summed E-state index contributed by atoms with van der Waals surface area (Å²) < 4.78 is 5.33. The van der Waals surface area contributed by atoms with Crippen molar-refractivity contribution in [3.8, 4) is 0 Å². The number of nitrogens with zero attached hydrogens (tertiary/aromatic N) is 1. The van der Waals surface area contributed by atoms with Gasteiger partial charge in [-0.15, -0.1) is 0 Å². The topological polar surface area (TPSA) is 38.5 Å². The summed E-state index contributed by atoms with van der Waals surface area (Å²) in [6, 6.07) is 6.71. The highest BCUT2D eigenvalue weighted by molar-refractivity contribution is 5.46. The number of hydrogen-bond donors (Lipinski definition) is 1. The van der Waals surface area contributed by atoms with E-state index in [1.165, 1.54) is 11.1 Å². The van der Waals surface area contributed by atoms with Crippen LogP contribution in [0.3, 0.4) is 0 Å². The van der Waals surface area contributed by atoms with Crippen LogP contribution < -0.4 is 5.73 Å². The van der Waals surface area contributed by atoms with Crippen LogP contribution in [0.2, 0.25) is 0 Å². The van der Waals surface area contributed by atoms with Gasteiger partial charge in [0.05, 0.1) is 6.61 Å². The van der Waals surface area contributed by atoms with Crippen molar-refractivity contribution in [2.75, 3.05) is 19.5 Å². The average Bonchev–Trinajstić information content (AvgIpc) is 2.67. The van der Waals surface area contributed by atoms with E-state index < -0.39 is 0 Å². The molecule has 2 rings (SSSR count). The van der Waals surface area contributed by atoms with Crippen molar-refractivity contribution in [1.29, 1.82) is 0 Å². The maximum atomic E-state index is 5.83. The van der Waals surface area contributed by atoms with E-state index in [1.807, 2.05) is 6.07 Å². The van der Waals surface area contributed by atoms with E-state index in [0.717, 1.165) is 25.4 Å². The van der Waals surface area contributed by atoms with E-state index >= 15 is 0 Å². The largest absolute Gasteiger partial charge is 0.399 e. The van der Waals surface area contributed by atoms with Gasteiger partial charge in [0.25, 0.3) is 0 Å². The number of fused-ring (bicyclic) bond motifs is 1. The predicted octanol–water partition coefficient (Wildman–Crippen LogP) is 2.26. The lowest BCUT2D eigenvalue weighted by Gasteiger charge is -2.30. The molecule has 1 aromatic carbocycles. The van der Waals surface area contributed by atoms with Gasteiger partial charge >= 0.3 is 0 Å². The summed E-state index contributed by atoms with van der Waals surface area (Å²) in [7, 11) is 1.77. The van der Waals surface area contributed by atoms with E-state index in [9.17, 15) is 0 Å². The van der Waals surface area contributed by atoms with Crippen molar-refractivity contribution >= 4 is 5.69 Å². The first-order chi connectivity index (χ1) is 8.11. The minimum Gasteiger partial charge on any atom is -0.399 e. The molecule has 0 fully saturated rings. The lowest BCUT2D eigenvalue weighted by atomic mass is 10.0. The molecule has 0 aromatic heterocycles. The van der Waals surface area contributed by atoms with E-state index in [-0.39, 0.29) is 0 Å². The van der Waals surface area contributed by atoms with E-state index in [4.69, 9.17) is 10.5 Å². The van der Waals surface area contributed by atoms with Crippen molar-refractivity contribution in [2.24, 2.45) is 5.92 Å². The van der Waals surface area contributed by atoms with Crippen LogP contribution in [0, 0.1) is 5.92 Å². The smallest absolute Gasteiger partial charge is 0.0620 e. The third-order valence-electron chi connectivity index (χ3n) is 3.55. The second-order valence-electron chi connectivity index (χ2n) is 5.20. The van der Waals surface area contributed by atoms with Crippen LogP contribution in [0.5, 0.6) is 0 Å². The Labute approximate surface area is 104 Å². The van der Waals surface area contributed by atoms with Crippen LogP contribution in [-0.2, 0) is 17.8 Å². The Kier molecular flexibility index (Phi) is 3.69. The van der Waals surface area contributed by atoms with Crippen molar-refractivity contribution < 1.29 is 4.74 Å². The summed E-state index contributed by atoms with van der Waals surface area (Å²) in [5.41, 5.74) is 9.46. The first-order valence-electron chi connectivity index (χ1n) is 6.22. The molecule has 0 radical (unpaired) electrons. The summed E-state index contributed by atoms with van der Waals surface area (Å²) in [6.45, 7) is 7.30. The van der Waals surface area contributed by atoms with E-state index in [2.05, 4.69) is 30.9 Å². The third-order valence-corrected chi connectivity index (χ3v) is 3.55. The minimum absolute atomic E-state index is 0.480. The molecule has 17 heavy (non-hydrogen) atoms. The zero-order valence-electron chi connectivity index (χ0n) is 10.9. The molecular formula is C14H22N2O. The molecule has 94 valence electrons. The van der Waals surface area contributed by atoms with Gasteiger partial charge in [-0.25, -0.2) is 0 Å². The number of anilines is 1.